The lowest BCUT2D eigenvalue weighted by atomic mass is 10.1. The summed E-state index contributed by atoms with van der Waals surface area (Å²) >= 11 is 0. The number of aromatic nitrogens is 1. The second-order valence-corrected chi connectivity index (χ2v) is 7.39. The third-order valence-electron chi connectivity index (χ3n) is 4.96. The molecule has 0 radical (unpaired) electrons. The van der Waals surface area contributed by atoms with Gasteiger partial charge in [0.05, 0.1) is 11.0 Å². The fraction of sp³-hybridized carbons (Fsp3) is 0.167. The van der Waals surface area contributed by atoms with Crippen LogP contribution in [0.4, 0.5) is 5.69 Å². The van der Waals surface area contributed by atoms with Gasteiger partial charge in [-0.2, -0.15) is 0 Å². The number of fused-ring (bicyclic) bond motifs is 2. The molecule has 146 valence electrons. The number of amides is 1. The molecule has 0 atom stereocenters. The van der Waals surface area contributed by atoms with Crippen LogP contribution in [-0.2, 0) is 17.9 Å². The second-order valence-electron chi connectivity index (χ2n) is 7.39. The molecular formula is C24H23N3O2. The Hall–Kier alpha value is -3.44. The van der Waals surface area contributed by atoms with Crippen LogP contribution in [-0.4, -0.2) is 29.5 Å². The van der Waals surface area contributed by atoms with Crippen molar-refractivity contribution in [2.75, 3.05) is 19.4 Å². The quantitative estimate of drug-likeness (QED) is 0.531. The first kappa shape index (κ1) is 18.9. The van der Waals surface area contributed by atoms with Gasteiger partial charge in [0.15, 0.2) is 5.43 Å². The summed E-state index contributed by atoms with van der Waals surface area (Å²) in [6.45, 7) is 0.859. The molecule has 0 saturated heterocycles. The predicted octanol–water partition coefficient (Wildman–Crippen LogP) is 3.86. The summed E-state index contributed by atoms with van der Waals surface area (Å²) in [6.07, 6.45) is 0. The Kier molecular flexibility index (Phi) is 5.14. The van der Waals surface area contributed by atoms with Crippen molar-refractivity contribution in [1.29, 1.82) is 0 Å². The number of carbonyl (C=O) groups excluding carboxylic acids is 1. The standard InChI is InChI=1S/C24H23N3O2/c1-26(2)15-17-9-3-6-12-20(17)25-23(28)16-27-21-13-7-4-10-18(21)24(29)19-11-5-8-14-22(19)27/h3-14H,15-16H2,1-2H3,(H,25,28). The molecule has 29 heavy (non-hydrogen) atoms. The Bertz CT molecular complexity index is 1200. The van der Waals surface area contributed by atoms with Crippen LogP contribution in [0, 0.1) is 0 Å². The smallest absolute Gasteiger partial charge is 0.244 e. The summed E-state index contributed by atoms with van der Waals surface area (Å²) < 4.78 is 1.91. The molecule has 0 saturated carbocycles. The van der Waals surface area contributed by atoms with Crippen molar-refractivity contribution in [3.05, 3.63) is 88.6 Å². The Balaban J connectivity index is 1.74. The first-order chi connectivity index (χ1) is 14.0. The van der Waals surface area contributed by atoms with Gasteiger partial charge >= 0.3 is 0 Å². The van der Waals surface area contributed by atoms with E-state index in [2.05, 4.69) is 10.2 Å². The number of pyridine rings is 1. The van der Waals surface area contributed by atoms with Crippen molar-refractivity contribution in [2.45, 2.75) is 13.1 Å². The molecule has 1 heterocycles. The van der Waals surface area contributed by atoms with E-state index in [9.17, 15) is 9.59 Å². The fourth-order valence-corrected chi connectivity index (χ4v) is 3.70. The van der Waals surface area contributed by atoms with Gasteiger partial charge in [0.2, 0.25) is 5.91 Å². The Morgan fingerprint density at radius 3 is 2.03 bits per heavy atom. The van der Waals surface area contributed by atoms with Crippen molar-refractivity contribution < 1.29 is 4.79 Å². The zero-order valence-corrected chi connectivity index (χ0v) is 16.6. The molecule has 0 spiro atoms. The third kappa shape index (κ3) is 3.77. The highest BCUT2D eigenvalue weighted by Gasteiger charge is 2.14. The van der Waals surface area contributed by atoms with E-state index < -0.39 is 0 Å². The first-order valence-corrected chi connectivity index (χ1v) is 9.57. The van der Waals surface area contributed by atoms with Crippen molar-refractivity contribution in [2.24, 2.45) is 0 Å². The minimum atomic E-state index is -0.129. The topological polar surface area (TPSA) is 54.3 Å². The molecule has 5 nitrogen and oxygen atoms in total. The maximum atomic E-state index is 13.0. The molecule has 5 heteroatoms. The molecule has 1 N–H and O–H groups in total. The predicted molar refractivity (Wildman–Crippen MR) is 118 cm³/mol. The van der Waals surface area contributed by atoms with E-state index in [0.717, 1.165) is 28.8 Å². The highest BCUT2D eigenvalue weighted by molar-refractivity contribution is 5.97. The van der Waals surface area contributed by atoms with Gasteiger partial charge in [-0.3, -0.25) is 9.59 Å². The second kappa shape index (κ2) is 7.89. The van der Waals surface area contributed by atoms with Crippen LogP contribution in [0.5, 0.6) is 0 Å². The molecule has 1 amide bonds. The van der Waals surface area contributed by atoms with Crippen LogP contribution in [0.3, 0.4) is 0 Å². The van der Waals surface area contributed by atoms with E-state index in [-0.39, 0.29) is 17.9 Å². The number of hydrogen-bond acceptors (Lipinski definition) is 3. The largest absolute Gasteiger partial charge is 0.331 e. The molecule has 1 aromatic heterocycles. The van der Waals surface area contributed by atoms with E-state index in [1.54, 1.807) is 0 Å². The van der Waals surface area contributed by atoms with Gasteiger partial charge in [0.1, 0.15) is 6.54 Å². The van der Waals surface area contributed by atoms with Crippen LogP contribution in [0.1, 0.15) is 5.56 Å². The maximum Gasteiger partial charge on any atom is 0.244 e. The Morgan fingerprint density at radius 1 is 0.862 bits per heavy atom. The number of benzene rings is 3. The SMILES string of the molecule is CN(C)Cc1ccccc1NC(=O)Cn1c2ccccc2c(=O)c2ccccc21. The molecular weight excluding hydrogens is 362 g/mol. The fourth-order valence-electron chi connectivity index (χ4n) is 3.70. The minimum Gasteiger partial charge on any atom is -0.331 e. The molecule has 0 bridgehead atoms. The van der Waals surface area contributed by atoms with E-state index in [1.165, 1.54) is 0 Å². The number of hydrogen-bond donors (Lipinski definition) is 1. The van der Waals surface area contributed by atoms with Gasteiger partial charge in [0, 0.05) is 23.0 Å². The van der Waals surface area contributed by atoms with Crippen molar-refractivity contribution in [1.82, 2.24) is 9.47 Å². The summed E-state index contributed by atoms with van der Waals surface area (Å²) in [5.74, 6) is -0.129. The summed E-state index contributed by atoms with van der Waals surface area (Å²) in [4.78, 5) is 27.9. The monoisotopic (exact) mass is 385 g/mol. The molecule has 0 aliphatic rings. The van der Waals surface area contributed by atoms with Gasteiger partial charge in [-0.15, -0.1) is 0 Å². The number of nitrogens with one attached hydrogen (secondary N) is 1. The van der Waals surface area contributed by atoms with E-state index in [4.69, 9.17) is 0 Å². The molecule has 0 fully saturated rings. The van der Waals surface area contributed by atoms with Crippen molar-refractivity contribution in [3.63, 3.8) is 0 Å². The zero-order valence-electron chi connectivity index (χ0n) is 16.6. The van der Waals surface area contributed by atoms with Crippen LogP contribution in [0.25, 0.3) is 21.8 Å². The molecule has 0 aliphatic carbocycles. The molecule has 0 aliphatic heterocycles. The number of nitrogens with zero attached hydrogens (tertiary/aromatic N) is 2. The number of carbonyl (C=O) groups is 1. The molecule has 4 aromatic rings. The molecule has 4 rings (SSSR count). The Labute approximate surface area is 169 Å². The maximum absolute atomic E-state index is 13.0. The average molecular weight is 385 g/mol. The normalized spacial score (nSPS) is 11.3. The van der Waals surface area contributed by atoms with Crippen molar-refractivity contribution in [3.8, 4) is 0 Å². The highest BCUT2D eigenvalue weighted by Crippen LogP contribution is 2.20. The van der Waals surface area contributed by atoms with Gasteiger partial charge in [-0.25, -0.2) is 0 Å². The number of rotatable bonds is 5. The zero-order chi connectivity index (χ0) is 20.4. The summed E-state index contributed by atoms with van der Waals surface area (Å²) in [5.41, 5.74) is 3.37. The van der Waals surface area contributed by atoms with E-state index in [0.29, 0.717) is 10.8 Å². The minimum absolute atomic E-state index is 0.0100. The third-order valence-corrected chi connectivity index (χ3v) is 4.96. The van der Waals surface area contributed by atoms with Gasteiger partial charge in [0.25, 0.3) is 0 Å². The van der Waals surface area contributed by atoms with E-state index in [1.807, 2.05) is 91.5 Å². The van der Waals surface area contributed by atoms with Crippen molar-refractivity contribution >= 4 is 33.4 Å². The lowest BCUT2D eigenvalue weighted by Gasteiger charge is -2.17. The van der Waals surface area contributed by atoms with E-state index >= 15 is 0 Å². The lowest BCUT2D eigenvalue weighted by Crippen LogP contribution is -2.22. The summed E-state index contributed by atoms with van der Waals surface area (Å²) in [7, 11) is 3.99. The summed E-state index contributed by atoms with van der Waals surface area (Å²) in [6, 6.07) is 22.7. The van der Waals surface area contributed by atoms with Crippen LogP contribution in [0.15, 0.2) is 77.6 Å². The van der Waals surface area contributed by atoms with Crippen LogP contribution < -0.4 is 10.7 Å². The lowest BCUT2D eigenvalue weighted by molar-refractivity contribution is -0.116. The van der Waals surface area contributed by atoms with Crippen LogP contribution in [0.2, 0.25) is 0 Å². The number of anilines is 1. The van der Waals surface area contributed by atoms with Gasteiger partial charge < -0.3 is 14.8 Å². The van der Waals surface area contributed by atoms with Gasteiger partial charge in [-0.05, 0) is 50.0 Å². The summed E-state index contributed by atoms with van der Waals surface area (Å²) in [5, 5.41) is 4.28. The molecule has 0 unspecified atom stereocenters. The Morgan fingerprint density at radius 2 is 1.41 bits per heavy atom. The first-order valence-electron chi connectivity index (χ1n) is 9.57. The highest BCUT2D eigenvalue weighted by atomic mass is 16.2. The molecule has 3 aromatic carbocycles. The average Bonchev–Trinajstić information content (AvgIpc) is 2.72. The van der Waals surface area contributed by atoms with Crippen LogP contribution >= 0.6 is 0 Å². The number of para-hydroxylation sites is 3. The van der Waals surface area contributed by atoms with Gasteiger partial charge in [-0.1, -0.05) is 42.5 Å².